The summed E-state index contributed by atoms with van der Waals surface area (Å²) in [6, 6.07) is 10.9. The highest BCUT2D eigenvalue weighted by molar-refractivity contribution is 6.73. The molecule has 3 N–H and O–H groups in total. The molecule has 14 atom stereocenters. The molecule has 354 valence electrons. The van der Waals surface area contributed by atoms with Crippen LogP contribution in [0.1, 0.15) is 100 Å². The molecular formula is C48H77N3O11Si. The maximum atomic E-state index is 14.9. The van der Waals surface area contributed by atoms with Gasteiger partial charge in [-0.3, -0.25) is 19.2 Å². The second-order valence-corrected chi connectivity index (χ2v) is 23.6. The van der Waals surface area contributed by atoms with Gasteiger partial charge in [0.25, 0.3) is 0 Å². The largest absolute Gasteiger partial charge is 0.458 e. The average Bonchev–Trinajstić information content (AvgIpc) is 3.55. The van der Waals surface area contributed by atoms with Crippen LogP contribution in [0.2, 0.25) is 17.6 Å². The van der Waals surface area contributed by atoms with Gasteiger partial charge in [-0.2, -0.15) is 0 Å². The number of oxime groups is 1. The van der Waals surface area contributed by atoms with Gasteiger partial charge in [-0.05, 0) is 76.7 Å². The molecule has 0 bridgehead atoms. The van der Waals surface area contributed by atoms with Crippen molar-refractivity contribution in [2.24, 2.45) is 52.3 Å². The number of amidine groups is 1. The number of nitrogens with two attached hydrogens (primary N) is 1. The zero-order chi connectivity index (χ0) is 47.0. The Kier molecular flexibility index (Phi) is 18.3. The Labute approximate surface area is 377 Å². The second kappa shape index (κ2) is 22.1. The Morgan fingerprint density at radius 1 is 1.03 bits per heavy atom. The molecule has 14 nitrogen and oxygen atoms in total. The van der Waals surface area contributed by atoms with E-state index in [9.17, 15) is 24.0 Å². The van der Waals surface area contributed by atoms with Gasteiger partial charge in [-0.15, -0.1) is 6.58 Å². The number of hydrogen-bond donors (Lipinski definition) is 2. The van der Waals surface area contributed by atoms with Gasteiger partial charge in [0.05, 0.1) is 18.3 Å². The van der Waals surface area contributed by atoms with Gasteiger partial charge in [0.1, 0.15) is 36.1 Å². The third-order valence-corrected chi connectivity index (χ3v) is 19.2. The topological polar surface area (TPSA) is 186 Å². The van der Waals surface area contributed by atoms with Gasteiger partial charge in [0, 0.05) is 49.3 Å². The van der Waals surface area contributed by atoms with Crippen LogP contribution in [-0.4, -0.2) is 110 Å². The maximum absolute atomic E-state index is 14.9. The van der Waals surface area contributed by atoms with Crippen LogP contribution in [0.15, 0.2) is 48.1 Å². The molecule has 0 amide bonds. The number of benzene rings is 1. The summed E-state index contributed by atoms with van der Waals surface area (Å²) in [6.07, 6.45) is 1.18. The van der Waals surface area contributed by atoms with Crippen molar-refractivity contribution in [1.82, 2.24) is 4.90 Å². The summed E-state index contributed by atoms with van der Waals surface area (Å²) in [6.45, 7) is 23.5. The van der Waals surface area contributed by atoms with Crippen LogP contribution in [-0.2, 0) is 54.3 Å². The van der Waals surface area contributed by atoms with Crippen LogP contribution in [0.5, 0.6) is 0 Å². The average molecular weight is 900 g/mol. The first-order valence-corrected chi connectivity index (χ1v) is 25.5. The van der Waals surface area contributed by atoms with Crippen LogP contribution in [0.3, 0.4) is 0 Å². The van der Waals surface area contributed by atoms with Crippen molar-refractivity contribution in [2.45, 2.75) is 155 Å². The summed E-state index contributed by atoms with van der Waals surface area (Å²) in [4.78, 5) is 76.2. The highest BCUT2D eigenvalue weighted by atomic mass is 28.4. The van der Waals surface area contributed by atoms with Crippen molar-refractivity contribution >= 4 is 37.7 Å². The number of cyclic esters (lactones) is 1. The van der Waals surface area contributed by atoms with Crippen LogP contribution < -0.4 is 5.73 Å². The molecule has 0 spiro atoms. The minimum atomic E-state index is -2.43. The highest BCUT2D eigenvalue weighted by Crippen LogP contribution is 2.48. The number of carbonyl (C=O) groups excluding carboxylic acids is 4. The van der Waals surface area contributed by atoms with Crippen molar-refractivity contribution in [3.05, 3.63) is 48.6 Å². The number of rotatable bonds is 16. The zero-order valence-corrected chi connectivity index (χ0v) is 41.0. The number of nitrogens with zero attached hydrogens (tertiary/aromatic N) is 2. The van der Waals surface area contributed by atoms with E-state index in [1.807, 2.05) is 50.3 Å². The van der Waals surface area contributed by atoms with Crippen LogP contribution in [0, 0.1) is 41.4 Å². The molecule has 0 aliphatic carbocycles. The summed E-state index contributed by atoms with van der Waals surface area (Å²) in [5, 5.41) is 4.14. The van der Waals surface area contributed by atoms with Crippen LogP contribution >= 0.6 is 0 Å². The molecule has 1 aromatic rings. The molecule has 3 aliphatic heterocycles. The van der Waals surface area contributed by atoms with Gasteiger partial charge in [0.2, 0.25) is 0 Å². The van der Waals surface area contributed by atoms with E-state index in [-0.39, 0.29) is 73.5 Å². The van der Waals surface area contributed by atoms with Crippen molar-refractivity contribution in [2.75, 3.05) is 27.3 Å². The van der Waals surface area contributed by atoms with Crippen molar-refractivity contribution in [3.63, 3.8) is 0 Å². The van der Waals surface area contributed by atoms with E-state index in [2.05, 4.69) is 44.5 Å². The van der Waals surface area contributed by atoms with E-state index in [0.717, 1.165) is 24.1 Å². The van der Waals surface area contributed by atoms with Crippen molar-refractivity contribution in [1.29, 1.82) is 0 Å². The summed E-state index contributed by atoms with van der Waals surface area (Å²) >= 11 is 0. The van der Waals surface area contributed by atoms with E-state index in [1.54, 1.807) is 27.7 Å². The number of ether oxygens (including phenoxy) is 5. The lowest BCUT2D eigenvalue weighted by Crippen LogP contribution is -2.55. The SMILES string of the molecule is C=CC1C(OCC2(OC)CC(C)C(=O)C(C)C(=O)OC(CC)C3(C)OC(=O)C(C(N)=NOCc4ccccc4)C3C(C)C(=O)C(C)C2)OC(C)CC1N(C)CC(C)[Si](O)(CC)CC. The minimum absolute atomic E-state index is 0.00660. The zero-order valence-electron chi connectivity index (χ0n) is 40.0. The standard InChI is InChI=1S/C48H77N3O11Si/c1-14-36-37(51(12)26-32(8)63(56,16-3)17-4)23-31(7)60-46(36)58-28-48(57-13)24-29(5)41(52)33(9)40-39(43(49)50-59-27-35-21-19-18-20-22-35)45(55)62-47(40,11)38(15-2)61-44(54)34(10)42(53)30(6)25-48/h14,18-22,29-34,36-40,46,56H,1,15-17,23-28H2,2-13H3,(H2,49,50). The quantitative estimate of drug-likeness (QED) is 0.0335. The fraction of sp³-hybridized carbons (Fsp3) is 0.729. The number of methoxy groups -OCH3 is 1. The fourth-order valence-corrected chi connectivity index (χ4v) is 13.2. The maximum Gasteiger partial charge on any atom is 0.317 e. The summed E-state index contributed by atoms with van der Waals surface area (Å²) in [5.74, 6) is -8.01. The first-order chi connectivity index (χ1) is 29.7. The Bertz CT molecular complexity index is 1760. The molecule has 14 unspecified atom stereocenters. The Morgan fingerprint density at radius 2 is 1.65 bits per heavy atom. The molecule has 15 heteroatoms. The molecule has 3 fully saturated rings. The van der Waals surface area contributed by atoms with Crippen LogP contribution in [0.25, 0.3) is 0 Å². The Morgan fingerprint density at radius 3 is 2.22 bits per heavy atom. The number of carbonyl (C=O) groups is 4. The lowest BCUT2D eigenvalue weighted by molar-refractivity contribution is -0.246. The van der Waals surface area contributed by atoms with E-state index in [1.165, 1.54) is 14.0 Å². The van der Waals surface area contributed by atoms with E-state index >= 15 is 0 Å². The summed E-state index contributed by atoms with van der Waals surface area (Å²) in [7, 11) is 1.18. The molecule has 3 heterocycles. The molecule has 0 saturated carbocycles. The summed E-state index contributed by atoms with van der Waals surface area (Å²) < 4.78 is 31.8. The fourth-order valence-electron chi connectivity index (χ4n) is 10.6. The number of hydrogen-bond acceptors (Lipinski definition) is 13. The predicted molar refractivity (Wildman–Crippen MR) is 244 cm³/mol. The number of Topliss-reactive ketones (excluding diaryl/α,β-unsaturated/α-hetero) is 2. The minimum Gasteiger partial charge on any atom is -0.458 e. The van der Waals surface area contributed by atoms with E-state index in [0.29, 0.717) is 6.54 Å². The predicted octanol–water partition coefficient (Wildman–Crippen LogP) is 6.83. The third-order valence-electron chi connectivity index (χ3n) is 14.7. The number of fused-ring (bicyclic) bond motifs is 1. The molecule has 0 radical (unpaired) electrons. The molecule has 4 rings (SSSR count). The highest BCUT2D eigenvalue weighted by Gasteiger charge is 2.62. The molecular weight excluding hydrogens is 823 g/mol. The molecule has 63 heavy (non-hydrogen) atoms. The van der Waals surface area contributed by atoms with Gasteiger partial charge in [-0.1, -0.05) is 90.0 Å². The van der Waals surface area contributed by atoms with Crippen molar-refractivity contribution in [3.8, 4) is 0 Å². The first kappa shape index (κ1) is 52.2. The monoisotopic (exact) mass is 900 g/mol. The van der Waals surface area contributed by atoms with Gasteiger partial charge >= 0.3 is 11.9 Å². The Balaban J connectivity index is 1.70. The molecule has 0 aromatic heterocycles. The molecule has 3 saturated heterocycles. The van der Waals surface area contributed by atoms with E-state index < -0.39 is 79.4 Å². The first-order valence-electron chi connectivity index (χ1n) is 23.0. The summed E-state index contributed by atoms with van der Waals surface area (Å²) in [5.41, 5.74) is 4.82. The smallest absolute Gasteiger partial charge is 0.317 e. The van der Waals surface area contributed by atoms with Gasteiger partial charge < -0.3 is 44.0 Å². The number of esters is 2. The lowest BCUT2D eigenvalue weighted by atomic mass is 9.67. The molecule has 3 aliphatic rings. The van der Waals surface area contributed by atoms with Gasteiger partial charge in [0.15, 0.2) is 26.0 Å². The lowest BCUT2D eigenvalue weighted by Gasteiger charge is -2.46. The Hall–Kier alpha value is -3.47. The number of ketones is 2. The third kappa shape index (κ3) is 11.7. The van der Waals surface area contributed by atoms with Crippen molar-refractivity contribution < 1.29 is 52.5 Å². The van der Waals surface area contributed by atoms with Gasteiger partial charge in [-0.25, -0.2) is 0 Å². The van der Waals surface area contributed by atoms with E-state index in [4.69, 9.17) is 34.3 Å². The second-order valence-electron chi connectivity index (χ2n) is 19.0. The molecule has 1 aromatic carbocycles. The normalized spacial score (nSPS) is 35.7. The van der Waals surface area contributed by atoms with Crippen LogP contribution in [0.4, 0.5) is 0 Å².